The summed E-state index contributed by atoms with van der Waals surface area (Å²) >= 11 is 6.48. The van der Waals surface area contributed by atoms with Crippen LogP contribution in [0, 0.1) is 0 Å². The van der Waals surface area contributed by atoms with Crippen molar-refractivity contribution in [3.63, 3.8) is 0 Å². The number of nitrogens with zero attached hydrogens (tertiary/aromatic N) is 9. The van der Waals surface area contributed by atoms with Gasteiger partial charge < -0.3 is 29.0 Å². The molecular weight excluding hydrogens is 676 g/mol. The van der Waals surface area contributed by atoms with Gasteiger partial charge >= 0.3 is 0 Å². The van der Waals surface area contributed by atoms with E-state index in [0.29, 0.717) is 79.7 Å². The number of morpholine rings is 1. The summed E-state index contributed by atoms with van der Waals surface area (Å²) < 4.78 is 32.5. The summed E-state index contributed by atoms with van der Waals surface area (Å²) in [6.07, 6.45) is 14.6. The number of anilines is 2. The van der Waals surface area contributed by atoms with Crippen LogP contribution in [0.15, 0.2) is 43.1 Å². The Hall–Kier alpha value is -3.89. The second-order valence-corrected chi connectivity index (χ2v) is 13.9. The van der Waals surface area contributed by atoms with Gasteiger partial charge in [0.25, 0.3) is 5.88 Å². The van der Waals surface area contributed by atoms with Gasteiger partial charge in [-0.2, -0.15) is 0 Å². The lowest BCUT2D eigenvalue weighted by atomic mass is 9.89. The quantitative estimate of drug-likeness (QED) is 0.146. The maximum absolute atomic E-state index is 6.48. The van der Waals surface area contributed by atoms with E-state index in [0.717, 1.165) is 62.1 Å². The van der Waals surface area contributed by atoms with Crippen molar-refractivity contribution in [1.82, 2.24) is 44.9 Å². The number of ether oxygens (including phenoxy) is 5. The summed E-state index contributed by atoms with van der Waals surface area (Å²) in [5, 5.41) is 20.0. The van der Waals surface area contributed by atoms with Crippen LogP contribution in [0.2, 0.25) is 5.02 Å². The van der Waals surface area contributed by atoms with Crippen LogP contribution in [0.5, 0.6) is 11.6 Å². The fraction of sp³-hybridized carbons (Fsp3) is 0.600. The molecule has 4 aromatic rings. The van der Waals surface area contributed by atoms with E-state index >= 15 is 0 Å². The number of hydrogen-bond donors (Lipinski definition) is 1. The van der Waals surface area contributed by atoms with Gasteiger partial charge in [-0.15, -0.1) is 10.2 Å². The lowest BCUT2D eigenvalue weighted by Gasteiger charge is -2.43. The molecule has 0 spiro atoms. The zero-order chi connectivity index (χ0) is 35.0. The SMILES string of the molecule is COCCOCCCOc1nn(C2CCC(N3[C@@H]4CC[C@H]3COC4)CC2)cc1Nc1ncc(-c2ccc(Cl)c(O[C@@H](C)Cn3cnnn3)c2)cn1. The Morgan fingerprint density at radius 2 is 1.71 bits per heavy atom. The predicted octanol–water partition coefficient (Wildman–Crippen LogP) is 4.97. The van der Waals surface area contributed by atoms with E-state index in [1.807, 2.05) is 25.3 Å². The molecule has 3 fully saturated rings. The second-order valence-electron chi connectivity index (χ2n) is 13.5. The highest BCUT2D eigenvalue weighted by Gasteiger charge is 2.42. The van der Waals surface area contributed by atoms with Crippen LogP contribution in [0.25, 0.3) is 11.1 Å². The van der Waals surface area contributed by atoms with Gasteiger partial charge in [0.05, 0.1) is 56.8 Å². The van der Waals surface area contributed by atoms with Crippen molar-refractivity contribution < 1.29 is 23.7 Å². The first kappa shape index (κ1) is 35.5. The van der Waals surface area contributed by atoms with Gasteiger partial charge in [-0.3, -0.25) is 9.58 Å². The highest BCUT2D eigenvalue weighted by Crippen LogP contribution is 2.39. The van der Waals surface area contributed by atoms with Gasteiger partial charge in [-0.05, 0) is 73.6 Å². The van der Waals surface area contributed by atoms with Crippen LogP contribution < -0.4 is 14.8 Å². The van der Waals surface area contributed by atoms with Crippen molar-refractivity contribution in [2.24, 2.45) is 0 Å². The lowest BCUT2D eigenvalue weighted by Crippen LogP contribution is -2.52. The average molecular weight is 723 g/mol. The molecule has 1 saturated carbocycles. The van der Waals surface area contributed by atoms with Crippen molar-refractivity contribution in [3.05, 3.63) is 48.1 Å². The highest BCUT2D eigenvalue weighted by molar-refractivity contribution is 6.32. The van der Waals surface area contributed by atoms with E-state index in [1.165, 1.54) is 12.8 Å². The number of hydrogen-bond acceptors (Lipinski definition) is 13. The monoisotopic (exact) mass is 722 g/mol. The van der Waals surface area contributed by atoms with E-state index in [4.69, 9.17) is 40.4 Å². The predicted molar refractivity (Wildman–Crippen MR) is 189 cm³/mol. The van der Waals surface area contributed by atoms with Crippen LogP contribution in [0.1, 0.15) is 57.9 Å². The summed E-state index contributed by atoms with van der Waals surface area (Å²) in [5.41, 5.74) is 2.43. The number of methoxy groups -OCH3 is 1. The first-order chi connectivity index (χ1) is 25.0. The summed E-state index contributed by atoms with van der Waals surface area (Å²) in [5.74, 6) is 1.53. The largest absolute Gasteiger partial charge is 0.487 e. The van der Waals surface area contributed by atoms with Gasteiger partial charge in [-0.25, -0.2) is 14.6 Å². The maximum Gasteiger partial charge on any atom is 0.256 e. The number of aromatic nitrogens is 8. The Bertz CT molecular complexity index is 1650. The minimum Gasteiger partial charge on any atom is -0.487 e. The molecule has 0 radical (unpaired) electrons. The Morgan fingerprint density at radius 3 is 2.45 bits per heavy atom. The molecule has 2 saturated heterocycles. The van der Waals surface area contributed by atoms with Gasteiger partial charge in [0.15, 0.2) is 0 Å². The van der Waals surface area contributed by atoms with E-state index in [2.05, 4.69) is 40.4 Å². The fourth-order valence-corrected chi connectivity index (χ4v) is 7.58. The van der Waals surface area contributed by atoms with Crippen LogP contribution >= 0.6 is 11.6 Å². The molecule has 15 nitrogen and oxygen atoms in total. The van der Waals surface area contributed by atoms with Gasteiger partial charge in [0.2, 0.25) is 5.95 Å². The van der Waals surface area contributed by atoms with Crippen molar-refractivity contribution in [2.45, 2.75) is 88.7 Å². The molecule has 0 unspecified atom stereocenters. The summed E-state index contributed by atoms with van der Waals surface area (Å²) in [4.78, 5) is 12.0. The highest BCUT2D eigenvalue weighted by atomic mass is 35.5. The van der Waals surface area contributed by atoms with Gasteiger partial charge in [0, 0.05) is 56.2 Å². The Labute approximate surface area is 302 Å². The molecule has 16 heteroatoms. The molecule has 0 amide bonds. The van der Waals surface area contributed by atoms with E-state index in [9.17, 15) is 0 Å². The molecule has 5 heterocycles. The minimum absolute atomic E-state index is 0.209. The standard InChI is InChI=1S/C35H47ClN10O5/c1-24(19-44-23-39-42-43-44)51-33-16-25(4-11-31(33)36)26-17-37-35(38-18-26)40-32-20-45(41-34(32)50-13-3-12-48-15-14-47-2)27-5-7-28(8-6-27)46-29-9-10-30(46)22-49-21-29/h4,11,16-18,20,23-24,27-30H,3,5-10,12-15,19,21-22H2,1-2H3,(H,37,38,40)/t24-,27?,28?,29-,30+/m0/s1. The van der Waals surface area contributed by atoms with Gasteiger partial charge in [-0.1, -0.05) is 17.7 Å². The third-order valence-electron chi connectivity index (χ3n) is 9.89. The molecule has 2 bridgehead atoms. The zero-order valence-electron chi connectivity index (χ0n) is 29.3. The normalized spacial score (nSPS) is 22.6. The summed E-state index contributed by atoms with van der Waals surface area (Å²) in [7, 11) is 1.67. The Morgan fingerprint density at radius 1 is 0.941 bits per heavy atom. The topological polar surface area (TPSA) is 149 Å². The van der Waals surface area contributed by atoms with E-state index in [1.54, 1.807) is 36.6 Å². The minimum atomic E-state index is -0.209. The third-order valence-corrected chi connectivity index (χ3v) is 10.2. The van der Waals surface area contributed by atoms with Gasteiger partial charge in [0.1, 0.15) is 23.9 Å². The molecule has 3 atom stereocenters. The first-order valence-corrected chi connectivity index (χ1v) is 18.3. The van der Waals surface area contributed by atoms with Crippen molar-refractivity contribution in [2.75, 3.05) is 52.1 Å². The molecule has 2 aliphatic heterocycles. The first-order valence-electron chi connectivity index (χ1n) is 17.9. The third kappa shape index (κ3) is 8.95. The smallest absolute Gasteiger partial charge is 0.256 e. The molecule has 3 aromatic heterocycles. The number of benzene rings is 1. The van der Waals surface area contributed by atoms with E-state index < -0.39 is 0 Å². The molecular formula is C35H47ClN10O5. The molecule has 51 heavy (non-hydrogen) atoms. The fourth-order valence-electron chi connectivity index (χ4n) is 7.42. The molecule has 3 aliphatic rings. The van der Waals surface area contributed by atoms with Crippen LogP contribution in [0.4, 0.5) is 11.6 Å². The molecule has 7 rings (SSSR count). The zero-order valence-corrected chi connectivity index (χ0v) is 30.0. The van der Waals surface area contributed by atoms with Crippen LogP contribution in [-0.2, 0) is 20.8 Å². The van der Waals surface area contributed by atoms with Crippen LogP contribution in [-0.4, -0.2) is 116 Å². The Balaban J connectivity index is 1.00. The lowest BCUT2D eigenvalue weighted by molar-refractivity contribution is -0.0458. The number of fused-ring (bicyclic) bond motifs is 2. The van der Waals surface area contributed by atoms with Crippen molar-refractivity contribution in [1.29, 1.82) is 0 Å². The van der Waals surface area contributed by atoms with Crippen LogP contribution in [0.3, 0.4) is 0 Å². The number of tetrazole rings is 1. The molecule has 274 valence electrons. The van der Waals surface area contributed by atoms with Crippen molar-refractivity contribution in [3.8, 4) is 22.8 Å². The van der Waals surface area contributed by atoms with Crippen molar-refractivity contribution >= 4 is 23.2 Å². The van der Waals surface area contributed by atoms with E-state index in [-0.39, 0.29) is 6.10 Å². The average Bonchev–Trinajstić information content (AvgIpc) is 3.87. The number of rotatable bonds is 17. The Kier molecular flexibility index (Phi) is 11.9. The number of halogens is 1. The summed E-state index contributed by atoms with van der Waals surface area (Å²) in [6.45, 7) is 6.37. The molecule has 1 aromatic carbocycles. The number of nitrogens with one attached hydrogen (secondary N) is 1. The maximum atomic E-state index is 6.48. The molecule has 1 N–H and O–H groups in total. The second kappa shape index (κ2) is 17.1. The molecule has 1 aliphatic carbocycles. The summed E-state index contributed by atoms with van der Waals surface area (Å²) in [6, 6.07) is 7.71.